The largest absolute Gasteiger partial charge is 0.490 e. The van der Waals surface area contributed by atoms with Gasteiger partial charge in [-0.25, -0.2) is 0 Å². The lowest BCUT2D eigenvalue weighted by atomic mass is 10.1. The number of rotatable bonds is 12. The van der Waals surface area contributed by atoms with E-state index in [4.69, 9.17) is 9.26 Å². The first-order valence-electron chi connectivity index (χ1n) is 11.4. The fraction of sp³-hybridized carbons (Fsp3) is 0.370. The summed E-state index contributed by atoms with van der Waals surface area (Å²) >= 11 is 0. The summed E-state index contributed by atoms with van der Waals surface area (Å²) in [4.78, 5) is 2.10. The molecule has 0 spiro atoms. The van der Waals surface area contributed by atoms with Crippen LogP contribution in [-0.4, -0.2) is 49.7 Å². The van der Waals surface area contributed by atoms with Gasteiger partial charge in [-0.05, 0) is 62.6 Å². The van der Waals surface area contributed by atoms with Gasteiger partial charge in [-0.1, -0.05) is 35.5 Å². The quantitative estimate of drug-likeness (QED) is 0.422. The highest BCUT2D eigenvalue weighted by molar-refractivity contribution is 5.70. The van der Waals surface area contributed by atoms with E-state index < -0.39 is 6.10 Å². The third kappa shape index (κ3) is 8.08. The summed E-state index contributed by atoms with van der Waals surface area (Å²) in [6.07, 6.45) is 5.19. The topological polar surface area (TPSA) is 70.8 Å². The Morgan fingerprint density at radius 2 is 1.88 bits per heavy atom. The number of hydrogen-bond acceptors (Lipinski definition) is 6. The lowest BCUT2D eigenvalue weighted by Crippen LogP contribution is -2.36. The van der Waals surface area contributed by atoms with Gasteiger partial charge in [-0.3, -0.25) is 0 Å². The summed E-state index contributed by atoms with van der Waals surface area (Å²) < 4.78 is 11.1. The first-order chi connectivity index (χ1) is 15.9. The second-order valence-corrected chi connectivity index (χ2v) is 8.62. The van der Waals surface area contributed by atoms with E-state index in [1.54, 1.807) is 0 Å². The van der Waals surface area contributed by atoms with Crippen LogP contribution in [0.5, 0.6) is 5.75 Å². The molecule has 0 aliphatic heterocycles. The Morgan fingerprint density at radius 3 is 2.58 bits per heavy atom. The molecule has 6 heteroatoms. The number of para-hydroxylation sites is 1. The summed E-state index contributed by atoms with van der Waals surface area (Å²) in [7, 11) is 4.09. The van der Waals surface area contributed by atoms with E-state index in [-0.39, 0.29) is 6.61 Å². The van der Waals surface area contributed by atoms with E-state index in [1.807, 2.05) is 63.5 Å². The molecule has 0 radical (unpaired) electrons. The molecule has 0 bridgehead atoms. The second kappa shape index (κ2) is 12.2. The van der Waals surface area contributed by atoms with Crippen molar-refractivity contribution in [3.8, 4) is 5.75 Å². The zero-order valence-electron chi connectivity index (χ0n) is 20.0. The van der Waals surface area contributed by atoms with Crippen molar-refractivity contribution < 1.29 is 14.4 Å². The Labute approximate surface area is 196 Å². The molecule has 1 aromatic heterocycles. The average molecular weight is 450 g/mol. The summed E-state index contributed by atoms with van der Waals surface area (Å²) in [6, 6.07) is 18.6. The Morgan fingerprint density at radius 1 is 1.12 bits per heavy atom. The molecule has 0 aliphatic carbocycles. The highest BCUT2D eigenvalue weighted by Crippen LogP contribution is 2.21. The Balaban J connectivity index is 1.41. The molecule has 3 rings (SSSR count). The van der Waals surface area contributed by atoms with Crippen molar-refractivity contribution in [3.63, 3.8) is 0 Å². The molecule has 2 atom stereocenters. The molecule has 0 saturated carbocycles. The zero-order valence-corrected chi connectivity index (χ0v) is 20.0. The summed E-state index contributed by atoms with van der Waals surface area (Å²) in [5, 5.41) is 17.7. The number of aryl methyl sites for hydroxylation is 2. The number of ether oxygens (including phenoxy) is 1. The molecule has 2 N–H and O–H groups in total. The maximum absolute atomic E-state index is 10.4. The van der Waals surface area contributed by atoms with Gasteiger partial charge >= 0.3 is 0 Å². The third-order valence-electron chi connectivity index (χ3n) is 5.44. The van der Waals surface area contributed by atoms with Crippen LogP contribution in [0.1, 0.15) is 35.9 Å². The standard InChI is InChI=1S/C27H35N3O3/c1-20(9-10-22-11-14-24(15-12-22)30(3)4)28-18-25(31)19-32-27-8-6-5-7-23(27)13-16-26-17-21(2)29-33-26/h5-8,11-17,20,25,28,31H,9-10,18-19H2,1-4H3/b16-13-. The van der Waals surface area contributed by atoms with Crippen LogP contribution in [0.15, 0.2) is 59.1 Å². The normalized spacial score (nSPS) is 13.2. The molecule has 1 heterocycles. The fourth-order valence-corrected chi connectivity index (χ4v) is 3.41. The van der Waals surface area contributed by atoms with Crippen LogP contribution in [0.25, 0.3) is 12.2 Å². The van der Waals surface area contributed by atoms with Gasteiger partial charge in [-0.2, -0.15) is 0 Å². The molecule has 2 aromatic carbocycles. The minimum absolute atomic E-state index is 0.220. The SMILES string of the molecule is Cc1cc(/C=C\c2ccccc2OCC(O)CNC(C)CCc2ccc(N(C)C)cc2)on1. The number of nitrogens with one attached hydrogen (secondary N) is 1. The molecule has 3 aromatic rings. The van der Waals surface area contributed by atoms with Crippen molar-refractivity contribution in [2.24, 2.45) is 0 Å². The van der Waals surface area contributed by atoms with Gasteiger partial charge in [-0.15, -0.1) is 0 Å². The molecule has 0 aliphatic rings. The number of nitrogens with zero attached hydrogens (tertiary/aromatic N) is 2. The van der Waals surface area contributed by atoms with Crippen LogP contribution in [0.3, 0.4) is 0 Å². The molecule has 6 nitrogen and oxygen atoms in total. The van der Waals surface area contributed by atoms with E-state index in [0.29, 0.717) is 18.3 Å². The number of benzene rings is 2. The van der Waals surface area contributed by atoms with E-state index in [9.17, 15) is 5.11 Å². The minimum atomic E-state index is -0.596. The number of aromatic nitrogens is 1. The van der Waals surface area contributed by atoms with E-state index in [0.717, 1.165) is 29.8 Å². The second-order valence-electron chi connectivity index (χ2n) is 8.62. The minimum Gasteiger partial charge on any atom is -0.490 e. The third-order valence-corrected chi connectivity index (χ3v) is 5.44. The van der Waals surface area contributed by atoms with Crippen molar-refractivity contribution in [2.75, 3.05) is 32.1 Å². The van der Waals surface area contributed by atoms with Gasteiger partial charge < -0.3 is 24.6 Å². The summed E-state index contributed by atoms with van der Waals surface area (Å²) in [5.74, 6) is 1.41. The predicted molar refractivity (Wildman–Crippen MR) is 135 cm³/mol. The van der Waals surface area contributed by atoms with E-state index in [1.165, 1.54) is 11.3 Å². The van der Waals surface area contributed by atoms with Crippen molar-refractivity contribution in [2.45, 2.75) is 38.8 Å². The van der Waals surface area contributed by atoms with Crippen LogP contribution < -0.4 is 15.0 Å². The Kier molecular flexibility index (Phi) is 9.10. The molecular formula is C27H35N3O3. The number of anilines is 1. The van der Waals surface area contributed by atoms with Crippen molar-refractivity contribution >= 4 is 17.8 Å². The highest BCUT2D eigenvalue weighted by atomic mass is 16.5. The molecule has 0 fully saturated rings. The van der Waals surface area contributed by atoms with Crippen LogP contribution in [0.2, 0.25) is 0 Å². The first-order valence-corrected chi connectivity index (χ1v) is 11.4. The van der Waals surface area contributed by atoms with E-state index in [2.05, 4.69) is 46.6 Å². The van der Waals surface area contributed by atoms with E-state index >= 15 is 0 Å². The van der Waals surface area contributed by atoms with Gasteiger partial charge in [0.2, 0.25) is 0 Å². The molecule has 33 heavy (non-hydrogen) atoms. The molecule has 2 unspecified atom stereocenters. The lowest BCUT2D eigenvalue weighted by Gasteiger charge is -2.18. The van der Waals surface area contributed by atoms with Gasteiger partial charge in [0.15, 0.2) is 5.76 Å². The average Bonchev–Trinajstić information content (AvgIpc) is 3.24. The van der Waals surface area contributed by atoms with Gasteiger partial charge in [0, 0.05) is 44.0 Å². The lowest BCUT2D eigenvalue weighted by molar-refractivity contribution is 0.104. The summed E-state index contributed by atoms with van der Waals surface area (Å²) in [6.45, 7) is 4.73. The Hall–Kier alpha value is -3.09. The van der Waals surface area contributed by atoms with Crippen LogP contribution >= 0.6 is 0 Å². The van der Waals surface area contributed by atoms with Crippen molar-refractivity contribution in [1.82, 2.24) is 10.5 Å². The Bertz CT molecular complexity index is 1010. The van der Waals surface area contributed by atoms with Gasteiger partial charge in [0.1, 0.15) is 18.5 Å². The molecular weight excluding hydrogens is 414 g/mol. The highest BCUT2D eigenvalue weighted by Gasteiger charge is 2.10. The van der Waals surface area contributed by atoms with Gasteiger partial charge in [0.25, 0.3) is 0 Å². The van der Waals surface area contributed by atoms with Crippen molar-refractivity contribution in [3.05, 3.63) is 77.2 Å². The van der Waals surface area contributed by atoms with Crippen molar-refractivity contribution in [1.29, 1.82) is 0 Å². The fourth-order valence-electron chi connectivity index (χ4n) is 3.41. The number of hydrogen-bond donors (Lipinski definition) is 2. The van der Waals surface area contributed by atoms with Crippen LogP contribution in [0, 0.1) is 6.92 Å². The molecule has 0 saturated heterocycles. The van der Waals surface area contributed by atoms with Crippen LogP contribution in [0.4, 0.5) is 5.69 Å². The van der Waals surface area contributed by atoms with Crippen LogP contribution in [-0.2, 0) is 6.42 Å². The molecule has 0 amide bonds. The maximum Gasteiger partial charge on any atom is 0.159 e. The smallest absolute Gasteiger partial charge is 0.159 e. The zero-order chi connectivity index (χ0) is 23.6. The summed E-state index contributed by atoms with van der Waals surface area (Å²) in [5.41, 5.74) is 4.29. The number of aliphatic hydroxyl groups is 1. The monoisotopic (exact) mass is 449 g/mol. The first kappa shape index (κ1) is 24.6. The maximum atomic E-state index is 10.4. The predicted octanol–water partition coefficient (Wildman–Crippen LogP) is 4.57. The molecule has 176 valence electrons. The number of aliphatic hydroxyl groups excluding tert-OH is 1. The van der Waals surface area contributed by atoms with Gasteiger partial charge in [0.05, 0.1) is 5.69 Å².